The molecule has 2 rings (SSSR count). The molecule has 1 N–H and O–H groups in total. The summed E-state index contributed by atoms with van der Waals surface area (Å²) in [5.74, 6) is -0.359. The zero-order valence-electron chi connectivity index (χ0n) is 12.2. The Balaban J connectivity index is 2.09. The number of nitro benzene ring substituents is 2. The Kier molecular flexibility index (Phi) is 4.65. The molecule has 2 aromatic rings. The third kappa shape index (κ3) is 4.10. The summed E-state index contributed by atoms with van der Waals surface area (Å²) >= 11 is 0. The van der Waals surface area contributed by atoms with E-state index in [2.05, 4.69) is 5.32 Å². The topological polar surface area (TPSA) is 115 Å². The molecule has 0 heterocycles. The summed E-state index contributed by atoms with van der Waals surface area (Å²) in [6.07, 6.45) is 0.0140. The van der Waals surface area contributed by atoms with Gasteiger partial charge in [-0.2, -0.15) is 0 Å². The normalized spacial score (nSPS) is 10.1. The van der Waals surface area contributed by atoms with E-state index in [1.165, 1.54) is 36.4 Å². The van der Waals surface area contributed by atoms with E-state index in [9.17, 15) is 25.0 Å². The van der Waals surface area contributed by atoms with Crippen molar-refractivity contribution in [1.82, 2.24) is 0 Å². The molecule has 2 aromatic carbocycles. The van der Waals surface area contributed by atoms with Crippen molar-refractivity contribution in [3.8, 4) is 0 Å². The average Bonchev–Trinajstić information content (AvgIpc) is 2.49. The number of amides is 1. The summed E-state index contributed by atoms with van der Waals surface area (Å²) in [6.45, 7) is 1.73. The first-order valence-corrected chi connectivity index (χ1v) is 6.65. The van der Waals surface area contributed by atoms with Gasteiger partial charge in [0, 0.05) is 24.3 Å². The number of rotatable bonds is 5. The van der Waals surface area contributed by atoms with Gasteiger partial charge in [0.05, 0.1) is 22.0 Å². The Labute approximate surface area is 131 Å². The van der Waals surface area contributed by atoms with E-state index in [0.29, 0.717) is 16.8 Å². The number of benzene rings is 2. The summed E-state index contributed by atoms with van der Waals surface area (Å²) < 4.78 is 0. The first-order chi connectivity index (χ1) is 10.9. The van der Waals surface area contributed by atoms with Gasteiger partial charge in [0.2, 0.25) is 5.91 Å². The number of carbonyl (C=O) groups is 1. The number of nitrogens with one attached hydrogen (secondary N) is 1. The predicted octanol–water partition coefficient (Wildman–Crippen LogP) is 2.99. The Hall–Kier alpha value is -3.29. The van der Waals surface area contributed by atoms with Crippen LogP contribution in [0.1, 0.15) is 11.1 Å². The van der Waals surface area contributed by atoms with Crippen molar-refractivity contribution in [1.29, 1.82) is 0 Å². The van der Waals surface area contributed by atoms with Crippen LogP contribution in [0.5, 0.6) is 0 Å². The maximum absolute atomic E-state index is 12.0. The molecule has 0 saturated heterocycles. The fraction of sp³-hybridized carbons (Fsp3) is 0.133. The van der Waals surface area contributed by atoms with Crippen LogP contribution < -0.4 is 5.32 Å². The van der Waals surface area contributed by atoms with E-state index in [1.807, 2.05) is 0 Å². The van der Waals surface area contributed by atoms with Gasteiger partial charge < -0.3 is 5.32 Å². The van der Waals surface area contributed by atoms with Crippen molar-refractivity contribution in [3.05, 3.63) is 73.8 Å². The highest BCUT2D eigenvalue weighted by Crippen LogP contribution is 2.22. The molecule has 1 amide bonds. The molecule has 0 spiro atoms. The third-order valence-electron chi connectivity index (χ3n) is 3.22. The number of anilines is 1. The second-order valence-corrected chi connectivity index (χ2v) is 4.90. The molecule has 0 aliphatic carbocycles. The van der Waals surface area contributed by atoms with Gasteiger partial charge in [0.25, 0.3) is 11.4 Å². The van der Waals surface area contributed by atoms with E-state index in [1.54, 1.807) is 13.0 Å². The van der Waals surface area contributed by atoms with Gasteiger partial charge in [-0.05, 0) is 18.1 Å². The Morgan fingerprint density at radius 2 is 1.57 bits per heavy atom. The highest BCUT2D eigenvalue weighted by Gasteiger charge is 2.12. The van der Waals surface area contributed by atoms with E-state index < -0.39 is 9.85 Å². The molecule has 0 aromatic heterocycles. The molecule has 0 saturated carbocycles. The lowest BCUT2D eigenvalue weighted by molar-refractivity contribution is -0.385. The van der Waals surface area contributed by atoms with Crippen LogP contribution in [0.4, 0.5) is 17.1 Å². The van der Waals surface area contributed by atoms with Crippen LogP contribution in [0, 0.1) is 27.2 Å². The zero-order valence-corrected chi connectivity index (χ0v) is 12.2. The molecule has 0 unspecified atom stereocenters. The molecule has 0 aliphatic rings. The first-order valence-electron chi connectivity index (χ1n) is 6.65. The molecule has 0 radical (unpaired) electrons. The van der Waals surface area contributed by atoms with Crippen LogP contribution in [-0.4, -0.2) is 15.8 Å². The molecule has 8 nitrogen and oxygen atoms in total. The maximum atomic E-state index is 12.0. The van der Waals surface area contributed by atoms with E-state index in [4.69, 9.17) is 0 Å². The molecular formula is C15H13N3O5. The Bertz CT molecular complexity index is 771. The van der Waals surface area contributed by atoms with E-state index in [-0.39, 0.29) is 23.7 Å². The molecule has 0 atom stereocenters. The Morgan fingerprint density at radius 1 is 1.00 bits per heavy atom. The van der Waals surface area contributed by atoms with Gasteiger partial charge in [-0.1, -0.05) is 18.2 Å². The lowest BCUT2D eigenvalue weighted by Gasteiger charge is -2.08. The van der Waals surface area contributed by atoms with Gasteiger partial charge >= 0.3 is 0 Å². The number of nitro groups is 2. The molecule has 0 bridgehead atoms. The lowest BCUT2D eigenvalue weighted by atomic mass is 10.1. The lowest BCUT2D eigenvalue weighted by Crippen LogP contribution is -2.15. The fourth-order valence-electron chi connectivity index (χ4n) is 1.97. The first kappa shape index (κ1) is 16.1. The standard InChI is InChI=1S/C15H13N3O5/c1-10-2-5-13(18(22)23)9-14(10)16-15(19)8-11-3-6-12(7-4-11)17(20)21/h2-7,9H,8H2,1H3,(H,16,19). The van der Waals surface area contributed by atoms with Gasteiger partial charge in [-0.3, -0.25) is 25.0 Å². The van der Waals surface area contributed by atoms with Gasteiger partial charge in [-0.15, -0.1) is 0 Å². The van der Waals surface area contributed by atoms with Crippen LogP contribution >= 0.6 is 0 Å². The van der Waals surface area contributed by atoms with Crippen LogP contribution in [0.15, 0.2) is 42.5 Å². The number of aryl methyl sites for hydroxylation is 1. The molecular weight excluding hydrogens is 302 g/mol. The summed E-state index contributed by atoms with van der Waals surface area (Å²) in [4.78, 5) is 32.3. The molecule has 118 valence electrons. The molecule has 0 fully saturated rings. The van der Waals surface area contributed by atoms with Gasteiger partial charge in [0.1, 0.15) is 0 Å². The van der Waals surface area contributed by atoms with Crippen LogP contribution in [0.3, 0.4) is 0 Å². The monoisotopic (exact) mass is 315 g/mol. The smallest absolute Gasteiger partial charge is 0.271 e. The van der Waals surface area contributed by atoms with Gasteiger partial charge in [0.15, 0.2) is 0 Å². The van der Waals surface area contributed by atoms with Crippen LogP contribution in [-0.2, 0) is 11.2 Å². The summed E-state index contributed by atoms with van der Waals surface area (Å²) in [6, 6.07) is 9.85. The summed E-state index contributed by atoms with van der Waals surface area (Å²) in [5, 5.41) is 24.0. The second-order valence-electron chi connectivity index (χ2n) is 4.90. The number of carbonyl (C=O) groups excluding carboxylic acids is 1. The van der Waals surface area contributed by atoms with Gasteiger partial charge in [-0.25, -0.2) is 0 Å². The van der Waals surface area contributed by atoms with E-state index >= 15 is 0 Å². The van der Waals surface area contributed by atoms with Crippen LogP contribution in [0.2, 0.25) is 0 Å². The van der Waals surface area contributed by atoms with Crippen molar-refractivity contribution in [2.24, 2.45) is 0 Å². The van der Waals surface area contributed by atoms with Crippen molar-refractivity contribution >= 4 is 23.0 Å². The van der Waals surface area contributed by atoms with E-state index in [0.717, 1.165) is 0 Å². The van der Waals surface area contributed by atoms with Crippen molar-refractivity contribution in [2.45, 2.75) is 13.3 Å². The minimum Gasteiger partial charge on any atom is -0.325 e. The second kappa shape index (κ2) is 6.65. The highest BCUT2D eigenvalue weighted by atomic mass is 16.6. The number of hydrogen-bond donors (Lipinski definition) is 1. The van der Waals surface area contributed by atoms with Crippen molar-refractivity contribution < 1.29 is 14.6 Å². The SMILES string of the molecule is Cc1ccc([N+](=O)[O-])cc1NC(=O)Cc1ccc([N+](=O)[O-])cc1. The average molecular weight is 315 g/mol. The van der Waals surface area contributed by atoms with Crippen LogP contribution in [0.25, 0.3) is 0 Å². The quantitative estimate of drug-likeness (QED) is 0.672. The fourth-order valence-corrected chi connectivity index (χ4v) is 1.97. The van der Waals surface area contributed by atoms with Crippen molar-refractivity contribution in [2.75, 3.05) is 5.32 Å². The number of non-ortho nitro benzene ring substituents is 2. The number of hydrogen-bond acceptors (Lipinski definition) is 5. The molecule has 8 heteroatoms. The van der Waals surface area contributed by atoms with Crippen molar-refractivity contribution in [3.63, 3.8) is 0 Å². The summed E-state index contributed by atoms with van der Waals surface area (Å²) in [5.41, 5.74) is 1.51. The summed E-state index contributed by atoms with van der Waals surface area (Å²) in [7, 11) is 0. The zero-order chi connectivity index (χ0) is 17.0. The largest absolute Gasteiger partial charge is 0.325 e. The Morgan fingerprint density at radius 3 is 2.13 bits per heavy atom. The minimum absolute atomic E-state index is 0.0140. The third-order valence-corrected chi connectivity index (χ3v) is 3.22. The molecule has 23 heavy (non-hydrogen) atoms. The highest BCUT2D eigenvalue weighted by molar-refractivity contribution is 5.93. The number of nitrogens with zero attached hydrogens (tertiary/aromatic N) is 2. The minimum atomic E-state index is -0.536. The molecule has 0 aliphatic heterocycles. The predicted molar refractivity (Wildman–Crippen MR) is 83.3 cm³/mol. The maximum Gasteiger partial charge on any atom is 0.271 e.